The largest absolute Gasteiger partial charge is 0.394 e. The monoisotopic (exact) mass is 176 g/mol. The van der Waals surface area contributed by atoms with Crippen LogP contribution in [0.1, 0.15) is 6.92 Å². The molecule has 0 aromatic heterocycles. The van der Waals surface area contributed by atoms with Gasteiger partial charge in [0.05, 0.1) is 23.3 Å². The van der Waals surface area contributed by atoms with Crippen molar-refractivity contribution < 1.29 is 15.1 Å². The van der Waals surface area contributed by atoms with E-state index in [4.69, 9.17) is 10.2 Å². The average Bonchev–Trinajstić information content (AvgIpc) is 1.99. The van der Waals surface area contributed by atoms with Gasteiger partial charge in [0.25, 0.3) is 6.20 Å². The van der Waals surface area contributed by atoms with Gasteiger partial charge in [0.1, 0.15) is 0 Å². The van der Waals surface area contributed by atoms with Crippen LogP contribution in [0.15, 0.2) is 11.9 Å². The molecule has 1 atom stereocenters. The molecule has 1 unspecified atom stereocenters. The number of nitrogens with one attached hydrogen (secondary N) is 1. The Balaban J connectivity index is 3.70. The highest BCUT2D eigenvalue weighted by Gasteiger charge is 2.01. The van der Waals surface area contributed by atoms with E-state index in [-0.39, 0.29) is 13.2 Å². The van der Waals surface area contributed by atoms with Crippen LogP contribution in [-0.2, 0) is 0 Å². The third-order valence-corrected chi connectivity index (χ3v) is 1.13. The zero-order valence-corrected chi connectivity index (χ0v) is 6.73. The molecule has 0 aliphatic carbocycles. The molecule has 0 fully saturated rings. The van der Waals surface area contributed by atoms with Gasteiger partial charge in [-0.15, -0.1) is 0 Å². The summed E-state index contributed by atoms with van der Waals surface area (Å²) < 4.78 is 0. The Morgan fingerprint density at radius 3 is 2.83 bits per heavy atom. The second-order valence-electron chi connectivity index (χ2n) is 2.31. The third kappa shape index (κ3) is 5.63. The van der Waals surface area contributed by atoms with Crippen molar-refractivity contribution in [3.8, 4) is 0 Å². The Morgan fingerprint density at radius 1 is 1.83 bits per heavy atom. The summed E-state index contributed by atoms with van der Waals surface area (Å²) in [5, 5.41) is 29.7. The van der Waals surface area contributed by atoms with Crippen LogP contribution in [-0.4, -0.2) is 34.4 Å². The van der Waals surface area contributed by atoms with Gasteiger partial charge in [0.2, 0.25) is 0 Å². The van der Waals surface area contributed by atoms with Crippen LogP contribution >= 0.6 is 0 Å². The number of aliphatic hydroxyl groups excluding tert-OH is 2. The summed E-state index contributed by atoms with van der Waals surface area (Å²) in [5.41, 5.74) is 0.340. The first-order valence-electron chi connectivity index (χ1n) is 3.41. The molecule has 0 aliphatic heterocycles. The Hall–Kier alpha value is -1.14. The molecule has 0 saturated heterocycles. The van der Waals surface area contributed by atoms with Crippen molar-refractivity contribution in [2.24, 2.45) is 0 Å². The molecule has 0 rings (SSSR count). The van der Waals surface area contributed by atoms with Crippen LogP contribution in [0.25, 0.3) is 0 Å². The average molecular weight is 176 g/mol. The minimum absolute atomic E-state index is 0.104. The summed E-state index contributed by atoms with van der Waals surface area (Å²) in [6.07, 6.45) is -0.0931. The molecule has 70 valence electrons. The molecule has 0 spiro atoms. The van der Waals surface area contributed by atoms with Crippen molar-refractivity contribution >= 4 is 0 Å². The number of hydrogen-bond donors (Lipinski definition) is 3. The standard InChI is InChI=1S/C6H12N2O4/c1-5(3-8(11)12)7-2-6(10)4-9/h3,6-7,9-10H,2,4H2,1H3. The van der Waals surface area contributed by atoms with Crippen LogP contribution in [0.2, 0.25) is 0 Å². The van der Waals surface area contributed by atoms with Gasteiger partial charge in [-0.2, -0.15) is 0 Å². The SMILES string of the molecule is CC(=C[N+](=O)[O-])NCC(O)CO. The minimum Gasteiger partial charge on any atom is -0.394 e. The van der Waals surface area contributed by atoms with Crippen LogP contribution < -0.4 is 5.32 Å². The van der Waals surface area contributed by atoms with E-state index in [1.54, 1.807) is 0 Å². The molecule has 3 N–H and O–H groups in total. The molecule has 6 nitrogen and oxygen atoms in total. The molecule has 0 aromatic rings. The first-order chi connectivity index (χ1) is 5.56. The normalized spacial score (nSPS) is 14.1. The first-order valence-corrected chi connectivity index (χ1v) is 3.41. The summed E-state index contributed by atoms with van der Waals surface area (Å²) >= 11 is 0. The summed E-state index contributed by atoms with van der Waals surface area (Å²) in [6, 6.07) is 0. The van der Waals surface area contributed by atoms with Crippen molar-refractivity contribution in [1.29, 1.82) is 0 Å². The lowest BCUT2D eigenvalue weighted by Crippen LogP contribution is -2.28. The van der Waals surface area contributed by atoms with Crippen LogP contribution in [0.4, 0.5) is 0 Å². The highest BCUT2D eigenvalue weighted by molar-refractivity contribution is 4.89. The maximum Gasteiger partial charge on any atom is 0.252 e. The number of nitrogens with zero attached hydrogens (tertiary/aromatic N) is 1. The van der Waals surface area contributed by atoms with Gasteiger partial charge in [-0.05, 0) is 6.92 Å². The van der Waals surface area contributed by atoms with Crippen molar-refractivity contribution in [2.45, 2.75) is 13.0 Å². The Kier molecular flexibility index (Phi) is 4.98. The molecule has 0 aliphatic rings. The van der Waals surface area contributed by atoms with Gasteiger partial charge in [-0.1, -0.05) is 0 Å². The third-order valence-electron chi connectivity index (χ3n) is 1.13. The van der Waals surface area contributed by atoms with Crippen LogP contribution in [0.5, 0.6) is 0 Å². The molecular formula is C6H12N2O4. The number of rotatable bonds is 5. The smallest absolute Gasteiger partial charge is 0.252 e. The van der Waals surface area contributed by atoms with E-state index in [0.717, 1.165) is 6.20 Å². The lowest BCUT2D eigenvalue weighted by molar-refractivity contribution is -0.403. The van der Waals surface area contributed by atoms with E-state index in [9.17, 15) is 10.1 Å². The summed E-state index contributed by atoms with van der Waals surface area (Å²) in [4.78, 5) is 9.31. The van der Waals surface area contributed by atoms with Gasteiger partial charge in [-0.25, -0.2) is 0 Å². The van der Waals surface area contributed by atoms with Gasteiger partial charge in [-0.3, -0.25) is 10.1 Å². The van der Waals surface area contributed by atoms with E-state index in [2.05, 4.69) is 5.32 Å². The first kappa shape index (κ1) is 10.9. The van der Waals surface area contributed by atoms with Crippen LogP contribution in [0, 0.1) is 10.1 Å². The van der Waals surface area contributed by atoms with Gasteiger partial charge in [0.15, 0.2) is 0 Å². The zero-order chi connectivity index (χ0) is 9.56. The Bertz CT molecular complexity index is 180. The van der Waals surface area contributed by atoms with Crippen molar-refractivity contribution in [3.05, 3.63) is 22.0 Å². The molecule has 0 heterocycles. The molecule has 0 saturated carbocycles. The lowest BCUT2D eigenvalue weighted by Gasteiger charge is -2.08. The molecule has 0 amide bonds. The topological polar surface area (TPSA) is 95.6 Å². The fourth-order valence-corrected chi connectivity index (χ4v) is 0.547. The molecule has 6 heteroatoms. The van der Waals surface area contributed by atoms with E-state index >= 15 is 0 Å². The molecule has 0 bridgehead atoms. The maximum absolute atomic E-state index is 9.90. The predicted molar refractivity (Wildman–Crippen MR) is 41.8 cm³/mol. The second-order valence-corrected chi connectivity index (χ2v) is 2.31. The van der Waals surface area contributed by atoms with E-state index in [1.807, 2.05) is 0 Å². The quantitative estimate of drug-likeness (QED) is 0.371. The molecule has 0 aromatic carbocycles. The van der Waals surface area contributed by atoms with E-state index < -0.39 is 11.0 Å². The van der Waals surface area contributed by atoms with Crippen LogP contribution in [0.3, 0.4) is 0 Å². The van der Waals surface area contributed by atoms with Gasteiger partial charge >= 0.3 is 0 Å². The maximum atomic E-state index is 9.90. The van der Waals surface area contributed by atoms with E-state index in [0.29, 0.717) is 5.70 Å². The van der Waals surface area contributed by atoms with Gasteiger partial charge < -0.3 is 15.5 Å². The minimum atomic E-state index is -0.889. The molecule has 0 radical (unpaired) electrons. The number of aliphatic hydroxyl groups is 2. The zero-order valence-electron chi connectivity index (χ0n) is 6.73. The van der Waals surface area contributed by atoms with Gasteiger partial charge in [0, 0.05) is 6.54 Å². The summed E-state index contributed by atoms with van der Waals surface area (Å²) in [5.74, 6) is 0. The second kappa shape index (κ2) is 5.50. The fraction of sp³-hybridized carbons (Fsp3) is 0.667. The molecule has 12 heavy (non-hydrogen) atoms. The van der Waals surface area contributed by atoms with Crippen molar-refractivity contribution in [3.63, 3.8) is 0 Å². The molecular weight excluding hydrogens is 164 g/mol. The Labute approximate surface area is 69.7 Å². The number of hydrogen-bond acceptors (Lipinski definition) is 5. The highest BCUT2D eigenvalue weighted by Crippen LogP contribution is 1.87. The lowest BCUT2D eigenvalue weighted by atomic mass is 10.3. The Morgan fingerprint density at radius 2 is 2.42 bits per heavy atom. The highest BCUT2D eigenvalue weighted by atomic mass is 16.6. The van der Waals surface area contributed by atoms with Crippen molar-refractivity contribution in [1.82, 2.24) is 5.32 Å². The number of allylic oxidation sites excluding steroid dienone is 1. The summed E-state index contributed by atoms with van der Waals surface area (Å²) in [7, 11) is 0. The van der Waals surface area contributed by atoms with Crippen molar-refractivity contribution in [2.75, 3.05) is 13.2 Å². The van der Waals surface area contributed by atoms with E-state index in [1.165, 1.54) is 6.92 Å². The summed E-state index contributed by atoms with van der Waals surface area (Å²) in [6.45, 7) is 1.25. The number of nitro groups is 1. The predicted octanol–water partition coefficient (Wildman–Crippen LogP) is -0.933. The fourth-order valence-electron chi connectivity index (χ4n) is 0.547.